The van der Waals surface area contributed by atoms with E-state index < -0.39 is 0 Å². The average Bonchev–Trinajstić information content (AvgIpc) is 3.01. The monoisotopic (exact) mass is 285 g/mol. The van der Waals surface area contributed by atoms with Crippen molar-refractivity contribution in [3.63, 3.8) is 0 Å². The van der Waals surface area contributed by atoms with Crippen molar-refractivity contribution in [2.45, 2.75) is 13.1 Å². The maximum absolute atomic E-state index is 5.09. The SMILES string of the molecule is CN1CCN(Cc2cccc(NCc3ccoc3)c2)CC1. The van der Waals surface area contributed by atoms with Crippen LogP contribution >= 0.6 is 0 Å². The van der Waals surface area contributed by atoms with Gasteiger partial charge in [0.25, 0.3) is 0 Å². The van der Waals surface area contributed by atoms with E-state index in [4.69, 9.17) is 4.42 Å². The molecular formula is C17H23N3O. The fourth-order valence-electron chi connectivity index (χ4n) is 2.64. The van der Waals surface area contributed by atoms with Crippen molar-refractivity contribution >= 4 is 5.69 Å². The summed E-state index contributed by atoms with van der Waals surface area (Å²) in [6.07, 6.45) is 3.49. The number of likely N-dealkylation sites (N-methyl/N-ethyl adjacent to an activating group) is 1. The molecule has 0 saturated carbocycles. The predicted molar refractivity (Wildman–Crippen MR) is 85.3 cm³/mol. The summed E-state index contributed by atoms with van der Waals surface area (Å²) in [5.74, 6) is 0. The first kappa shape index (κ1) is 14.2. The van der Waals surface area contributed by atoms with Gasteiger partial charge in [-0.15, -0.1) is 0 Å². The first-order chi connectivity index (χ1) is 10.3. The Morgan fingerprint density at radius 3 is 2.71 bits per heavy atom. The number of piperazine rings is 1. The summed E-state index contributed by atoms with van der Waals surface area (Å²) in [7, 11) is 2.19. The molecule has 1 fully saturated rings. The van der Waals surface area contributed by atoms with Gasteiger partial charge in [0, 0.05) is 50.5 Å². The smallest absolute Gasteiger partial charge is 0.0952 e. The van der Waals surface area contributed by atoms with Crippen LogP contribution in [-0.2, 0) is 13.1 Å². The van der Waals surface area contributed by atoms with Gasteiger partial charge >= 0.3 is 0 Å². The van der Waals surface area contributed by atoms with Crippen LogP contribution in [0.4, 0.5) is 5.69 Å². The summed E-state index contributed by atoms with van der Waals surface area (Å²) in [6.45, 7) is 6.48. The highest BCUT2D eigenvalue weighted by atomic mass is 16.3. The largest absolute Gasteiger partial charge is 0.472 e. The summed E-state index contributed by atoms with van der Waals surface area (Å²) in [4.78, 5) is 4.91. The number of hydrogen-bond acceptors (Lipinski definition) is 4. The summed E-state index contributed by atoms with van der Waals surface area (Å²) in [5.41, 5.74) is 3.71. The number of furan rings is 1. The minimum Gasteiger partial charge on any atom is -0.472 e. The highest BCUT2D eigenvalue weighted by Crippen LogP contribution is 2.15. The molecule has 0 aliphatic carbocycles. The molecule has 112 valence electrons. The predicted octanol–water partition coefficient (Wildman–Crippen LogP) is 2.64. The summed E-state index contributed by atoms with van der Waals surface area (Å²) in [5, 5.41) is 3.44. The lowest BCUT2D eigenvalue weighted by Crippen LogP contribution is -2.43. The van der Waals surface area contributed by atoms with Gasteiger partial charge in [-0.2, -0.15) is 0 Å². The number of nitrogens with one attached hydrogen (secondary N) is 1. The molecule has 0 radical (unpaired) electrons. The highest BCUT2D eigenvalue weighted by Gasteiger charge is 2.13. The second-order valence-corrected chi connectivity index (χ2v) is 5.76. The Bertz CT molecular complexity index is 545. The van der Waals surface area contributed by atoms with E-state index in [0.717, 1.165) is 26.2 Å². The maximum Gasteiger partial charge on any atom is 0.0952 e. The van der Waals surface area contributed by atoms with Gasteiger partial charge in [0.15, 0.2) is 0 Å². The Balaban J connectivity index is 1.55. The second kappa shape index (κ2) is 6.78. The number of nitrogens with zero attached hydrogens (tertiary/aromatic N) is 2. The van der Waals surface area contributed by atoms with Gasteiger partial charge in [0.05, 0.1) is 12.5 Å². The van der Waals surface area contributed by atoms with Crippen molar-refractivity contribution in [1.29, 1.82) is 0 Å². The van der Waals surface area contributed by atoms with Gasteiger partial charge in [-0.05, 0) is 30.8 Å². The van der Waals surface area contributed by atoms with E-state index in [1.807, 2.05) is 6.07 Å². The van der Waals surface area contributed by atoms with Gasteiger partial charge in [-0.1, -0.05) is 12.1 Å². The van der Waals surface area contributed by atoms with E-state index in [2.05, 4.69) is 46.4 Å². The zero-order valence-electron chi connectivity index (χ0n) is 12.6. The molecule has 1 aromatic carbocycles. The van der Waals surface area contributed by atoms with Crippen LogP contribution in [0.5, 0.6) is 0 Å². The molecule has 0 unspecified atom stereocenters. The van der Waals surface area contributed by atoms with E-state index >= 15 is 0 Å². The zero-order chi connectivity index (χ0) is 14.5. The van der Waals surface area contributed by atoms with Crippen molar-refractivity contribution in [3.8, 4) is 0 Å². The number of benzene rings is 1. The third kappa shape index (κ3) is 4.09. The van der Waals surface area contributed by atoms with Crippen LogP contribution in [0.1, 0.15) is 11.1 Å². The molecule has 0 amide bonds. The Morgan fingerprint density at radius 2 is 1.95 bits per heavy atom. The molecule has 4 nitrogen and oxygen atoms in total. The van der Waals surface area contributed by atoms with Crippen LogP contribution in [0.2, 0.25) is 0 Å². The van der Waals surface area contributed by atoms with Gasteiger partial charge in [-0.25, -0.2) is 0 Å². The molecule has 1 aromatic heterocycles. The van der Waals surface area contributed by atoms with Crippen molar-refractivity contribution in [2.75, 3.05) is 38.5 Å². The lowest BCUT2D eigenvalue weighted by Gasteiger charge is -2.32. The van der Waals surface area contributed by atoms with Gasteiger partial charge in [-0.3, -0.25) is 4.90 Å². The Morgan fingerprint density at radius 1 is 1.10 bits per heavy atom. The minimum atomic E-state index is 0.800. The first-order valence-corrected chi connectivity index (χ1v) is 7.54. The second-order valence-electron chi connectivity index (χ2n) is 5.76. The molecule has 4 heteroatoms. The van der Waals surface area contributed by atoms with Crippen LogP contribution < -0.4 is 5.32 Å². The number of hydrogen-bond donors (Lipinski definition) is 1. The molecule has 1 N–H and O–H groups in total. The number of rotatable bonds is 5. The van der Waals surface area contributed by atoms with E-state index in [1.165, 1.54) is 29.9 Å². The minimum absolute atomic E-state index is 0.800. The van der Waals surface area contributed by atoms with Crippen LogP contribution in [0.15, 0.2) is 47.3 Å². The molecule has 21 heavy (non-hydrogen) atoms. The normalized spacial score (nSPS) is 17.0. The van der Waals surface area contributed by atoms with E-state index in [0.29, 0.717) is 0 Å². The van der Waals surface area contributed by atoms with E-state index in [9.17, 15) is 0 Å². The first-order valence-electron chi connectivity index (χ1n) is 7.54. The van der Waals surface area contributed by atoms with E-state index in [1.54, 1.807) is 12.5 Å². The van der Waals surface area contributed by atoms with Crippen LogP contribution in [0.3, 0.4) is 0 Å². The molecule has 1 aliphatic rings. The summed E-state index contributed by atoms with van der Waals surface area (Å²) in [6, 6.07) is 10.7. The third-order valence-corrected chi connectivity index (χ3v) is 4.01. The van der Waals surface area contributed by atoms with Crippen LogP contribution in [0, 0.1) is 0 Å². The number of anilines is 1. The third-order valence-electron chi connectivity index (χ3n) is 4.01. The van der Waals surface area contributed by atoms with Crippen LogP contribution in [0.25, 0.3) is 0 Å². The Kier molecular flexibility index (Phi) is 4.58. The molecule has 0 bridgehead atoms. The van der Waals surface area contributed by atoms with E-state index in [-0.39, 0.29) is 0 Å². The Labute approximate surface area is 126 Å². The summed E-state index contributed by atoms with van der Waals surface area (Å²) < 4.78 is 5.09. The highest BCUT2D eigenvalue weighted by molar-refractivity contribution is 5.46. The van der Waals surface area contributed by atoms with Gasteiger partial charge < -0.3 is 14.6 Å². The average molecular weight is 285 g/mol. The maximum atomic E-state index is 5.09. The molecule has 1 saturated heterocycles. The molecule has 2 heterocycles. The van der Waals surface area contributed by atoms with Crippen molar-refractivity contribution in [1.82, 2.24) is 9.80 Å². The fourth-order valence-corrected chi connectivity index (χ4v) is 2.64. The molecule has 2 aromatic rings. The van der Waals surface area contributed by atoms with Gasteiger partial charge in [0.2, 0.25) is 0 Å². The quantitative estimate of drug-likeness (QED) is 0.915. The lowest BCUT2D eigenvalue weighted by molar-refractivity contribution is 0.148. The topological polar surface area (TPSA) is 31.6 Å². The molecule has 0 spiro atoms. The van der Waals surface area contributed by atoms with Crippen molar-refractivity contribution in [3.05, 3.63) is 54.0 Å². The molecule has 3 rings (SSSR count). The van der Waals surface area contributed by atoms with Crippen LogP contribution in [-0.4, -0.2) is 43.0 Å². The molecule has 0 atom stereocenters. The standard InChI is InChI=1S/C17H23N3O/c1-19-6-8-20(9-7-19)13-15-3-2-4-17(11-15)18-12-16-5-10-21-14-16/h2-5,10-11,14,18H,6-9,12-13H2,1H3. The van der Waals surface area contributed by atoms with Gasteiger partial charge in [0.1, 0.15) is 0 Å². The zero-order valence-corrected chi connectivity index (χ0v) is 12.6. The van der Waals surface area contributed by atoms with Crippen molar-refractivity contribution in [2.24, 2.45) is 0 Å². The summed E-state index contributed by atoms with van der Waals surface area (Å²) >= 11 is 0. The lowest BCUT2D eigenvalue weighted by atomic mass is 10.1. The Hall–Kier alpha value is -1.78. The van der Waals surface area contributed by atoms with Crippen molar-refractivity contribution < 1.29 is 4.42 Å². The molecule has 1 aliphatic heterocycles. The molecular weight excluding hydrogens is 262 g/mol. The fraction of sp³-hybridized carbons (Fsp3) is 0.412.